The number of benzene rings is 2. The Balaban J connectivity index is 1.27. The van der Waals surface area contributed by atoms with Gasteiger partial charge in [-0.05, 0) is 48.0 Å². The number of aryl methyl sites for hydroxylation is 1. The van der Waals surface area contributed by atoms with Crippen molar-refractivity contribution >= 4 is 45.6 Å². The molecule has 2 aromatic carbocycles. The average Bonchev–Trinajstić information content (AvgIpc) is 3.38. The molecule has 0 amide bonds. The zero-order valence-corrected chi connectivity index (χ0v) is 23.4. The highest BCUT2D eigenvalue weighted by atomic mass is 35.5. The lowest BCUT2D eigenvalue weighted by atomic mass is 10.0. The number of hydrogen-bond donors (Lipinski definition) is 1. The first kappa shape index (κ1) is 26.3. The van der Waals surface area contributed by atoms with Gasteiger partial charge in [-0.2, -0.15) is 5.26 Å². The Hall–Kier alpha value is -3.94. The van der Waals surface area contributed by atoms with Crippen LogP contribution in [0.1, 0.15) is 11.3 Å². The normalized spacial score (nSPS) is 13.8. The van der Waals surface area contributed by atoms with Gasteiger partial charge in [0.15, 0.2) is 5.16 Å². The van der Waals surface area contributed by atoms with E-state index >= 15 is 0 Å². The molecule has 1 aliphatic rings. The van der Waals surface area contributed by atoms with Crippen LogP contribution >= 0.6 is 23.4 Å². The number of halogens is 1. The molecule has 1 N–H and O–H groups in total. The van der Waals surface area contributed by atoms with E-state index < -0.39 is 0 Å². The van der Waals surface area contributed by atoms with Gasteiger partial charge in [0.2, 0.25) is 0 Å². The first-order valence-corrected chi connectivity index (χ1v) is 14.1. The van der Waals surface area contributed by atoms with Gasteiger partial charge in [0.25, 0.3) is 0 Å². The summed E-state index contributed by atoms with van der Waals surface area (Å²) in [6.07, 6.45) is 5.51. The molecule has 1 saturated heterocycles. The summed E-state index contributed by atoms with van der Waals surface area (Å²) in [4.78, 5) is 16.9. The van der Waals surface area contributed by atoms with Crippen LogP contribution < -0.4 is 5.32 Å². The maximum atomic E-state index is 9.69. The fourth-order valence-corrected chi connectivity index (χ4v) is 5.77. The second-order valence-electron chi connectivity index (χ2n) is 9.53. The lowest BCUT2D eigenvalue weighted by Crippen LogP contribution is -2.35. The van der Waals surface area contributed by atoms with Crippen molar-refractivity contribution in [2.24, 2.45) is 7.05 Å². The summed E-state index contributed by atoms with van der Waals surface area (Å²) in [5.41, 5.74) is 5.66. The van der Waals surface area contributed by atoms with E-state index in [-0.39, 0.29) is 0 Å². The third-order valence-electron chi connectivity index (χ3n) is 6.74. The molecule has 4 heterocycles. The van der Waals surface area contributed by atoms with E-state index in [1.807, 2.05) is 60.4 Å². The molecule has 3 aromatic heterocycles. The number of ether oxygens (including phenoxy) is 1. The number of rotatable bonds is 7. The lowest BCUT2D eigenvalue weighted by Gasteiger charge is -2.26. The van der Waals surface area contributed by atoms with Crippen molar-refractivity contribution in [3.05, 3.63) is 89.5 Å². The van der Waals surface area contributed by atoms with Crippen LogP contribution in [0.5, 0.6) is 0 Å². The monoisotopic (exact) mass is 567 g/mol. The SMILES string of the molecule is Cn1ccnc1Sc1ccc(Nc2cc(C#N)nc3cc(-c4cc(CN5CCOCC5)ccn4)ccc23)cc1Cl. The number of nitrogens with one attached hydrogen (secondary N) is 1. The molecule has 200 valence electrons. The number of aromatic nitrogens is 4. The Labute approximate surface area is 241 Å². The third-order valence-corrected chi connectivity index (χ3v) is 8.32. The van der Waals surface area contributed by atoms with Gasteiger partial charge in [0.05, 0.1) is 35.1 Å². The molecule has 0 radical (unpaired) electrons. The van der Waals surface area contributed by atoms with Crippen molar-refractivity contribution < 1.29 is 4.74 Å². The Morgan fingerprint density at radius 2 is 1.93 bits per heavy atom. The largest absolute Gasteiger partial charge is 0.379 e. The Bertz CT molecular complexity index is 1730. The topological polar surface area (TPSA) is 91.9 Å². The Kier molecular flexibility index (Phi) is 7.66. The number of hydrogen-bond acceptors (Lipinski definition) is 8. The number of pyridine rings is 2. The summed E-state index contributed by atoms with van der Waals surface area (Å²) in [6.45, 7) is 4.26. The van der Waals surface area contributed by atoms with E-state index in [2.05, 4.69) is 43.4 Å². The molecule has 6 rings (SSSR count). The summed E-state index contributed by atoms with van der Waals surface area (Å²) in [5.74, 6) is 0. The quantitative estimate of drug-likeness (QED) is 0.245. The standard InChI is InChI=1S/C30H26ClN7OS/c1-37-9-8-34-30(37)40-29-5-3-22(16-25(29)31)35-28-17-23(18-32)36-27-15-21(2-4-24(27)28)26-14-20(6-7-33-26)19-38-10-12-39-13-11-38/h2-9,14-17H,10-13,19H2,1H3,(H,35,36). The first-order chi connectivity index (χ1) is 19.6. The van der Waals surface area contributed by atoms with Crippen LogP contribution in [-0.4, -0.2) is 50.7 Å². The minimum Gasteiger partial charge on any atom is -0.379 e. The molecule has 5 aromatic rings. The van der Waals surface area contributed by atoms with E-state index in [1.165, 1.54) is 17.3 Å². The number of nitriles is 1. The molecule has 0 atom stereocenters. The maximum absolute atomic E-state index is 9.69. The predicted octanol–water partition coefficient (Wildman–Crippen LogP) is 6.28. The van der Waals surface area contributed by atoms with Gasteiger partial charge in [0.1, 0.15) is 11.8 Å². The van der Waals surface area contributed by atoms with Crippen molar-refractivity contribution in [2.45, 2.75) is 16.6 Å². The van der Waals surface area contributed by atoms with Crippen LogP contribution in [0.4, 0.5) is 11.4 Å². The van der Waals surface area contributed by atoms with Crippen molar-refractivity contribution in [3.63, 3.8) is 0 Å². The van der Waals surface area contributed by atoms with Gasteiger partial charge < -0.3 is 14.6 Å². The molecular formula is C30H26ClN7OS. The van der Waals surface area contributed by atoms with Crippen LogP contribution in [0, 0.1) is 11.3 Å². The van der Waals surface area contributed by atoms with E-state index in [0.717, 1.165) is 70.9 Å². The minimum atomic E-state index is 0.328. The van der Waals surface area contributed by atoms with Crippen molar-refractivity contribution in [3.8, 4) is 17.3 Å². The number of morpholine rings is 1. The third kappa shape index (κ3) is 5.81. The van der Waals surface area contributed by atoms with Gasteiger partial charge in [0, 0.05) is 66.8 Å². The second-order valence-corrected chi connectivity index (χ2v) is 10.9. The molecule has 1 fully saturated rings. The van der Waals surface area contributed by atoms with Gasteiger partial charge in [-0.3, -0.25) is 9.88 Å². The highest BCUT2D eigenvalue weighted by molar-refractivity contribution is 7.99. The molecule has 0 spiro atoms. The van der Waals surface area contributed by atoms with Crippen molar-refractivity contribution in [1.82, 2.24) is 24.4 Å². The summed E-state index contributed by atoms with van der Waals surface area (Å²) in [5, 5.41) is 15.5. The fourth-order valence-electron chi connectivity index (χ4n) is 4.66. The van der Waals surface area contributed by atoms with Gasteiger partial charge in [-0.25, -0.2) is 9.97 Å². The van der Waals surface area contributed by atoms with Gasteiger partial charge >= 0.3 is 0 Å². The molecule has 0 aliphatic carbocycles. The Morgan fingerprint density at radius 3 is 2.70 bits per heavy atom. The average molecular weight is 568 g/mol. The summed E-state index contributed by atoms with van der Waals surface area (Å²) in [7, 11) is 1.95. The molecule has 40 heavy (non-hydrogen) atoms. The second kappa shape index (κ2) is 11.7. The zero-order chi connectivity index (χ0) is 27.5. The van der Waals surface area contributed by atoms with Crippen molar-refractivity contribution in [2.75, 3.05) is 31.6 Å². The molecule has 0 bridgehead atoms. The van der Waals surface area contributed by atoms with Gasteiger partial charge in [-0.1, -0.05) is 35.5 Å². The van der Waals surface area contributed by atoms with E-state index in [9.17, 15) is 5.26 Å². The zero-order valence-electron chi connectivity index (χ0n) is 21.8. The highest BCUT2D eigenvalue weighted by Crippen LogP contribution is 2.36. The Morgan fingerprint density at radius 1 is 1.05 bits per heavy atom. The minimum absolute atomic E-state index is 0.328. The molecule has 0 unspecified atom stereocenters. The molecule has 10 heteroatoms. The summed E-state index contributed by atoms with van der Waals surface area (Å²) < 4.78 is 7.42. The van der Waals surface area contributed by atoms with E-state index in [4.69, 9.17) is 16.3 Å². The maximum Gasteiger partial charge on any atom is 0.172 e. The number of imidazole rings is 1. The van der Waals surface area contributed by atoms with E-state index in [1.54, 1.807) is 12.3 Å². The van der Waals surface area contributed by atoms with Crippen LogP contribution in [0.3, 0.4) is 0 Å². The van der Waals surface area contributed by atoms with Gasteiger partial charge in [-0.15, -0.1) is 0 Å². The smallest absolute Gasteiger partial charge is 0.172 e. The highest BCUT2D eigenvalue weighted by Gasteiger charge is 2.14. The molecule has 0 saturated carbocycles. The van der Waals surface area contributed by atoms with Crippen molar-refractivity contribution in [1.29, 1.82) is 5.26 Å². The number of anilines is 2. The van der Waals surface area contributed by atoms with Crippen LogP contribution in [-0.2, 0) is 18.3 Å². The molecular weight excluding hydrogens is 542 g/mol. The summed E-state index contributed by atoms with van der Waals surface area (Å²) >= 11 is 8.13. The number of nitrogens with zero attached hydrogens (tertiary/aromatic N) is 6. The van der Waals surface area contributed by atoms with E-state index in [0.29, 0.717) is 16.2 Å². The van der Waals surface area contributed by atoms with Crippen LogP contribution in [0.15, 0.2) is 83.2 Å². The number of fused-ring (bicyclic) bond motifs is 1. The van der Waals surface area contributed by atoms with Crippen LogP contribution in [0.2, 0.25) is 5.02 Å². The predicted molar refractivity (Wildman–Crippen MR) is 158 cm³/mol. The fraction of sp³-hybridized carbons (Fsp3) is 0.200. The molecule has 8 nitrogen and oxygen atoms in total. The lowest BCUT2D eigenvalue weighted by molar-refractivity contribution is 0.0342. The summed E-state index contributed by atoms with van der Waals surface area (Å²) in [6, 6.07) is 20.0. The first-order valence-electron chi connectivity index (χ1n) is 12.9. The molecule has 1 aliphatic heterocycles. The van der Waals surface area contributed by atoms with Crippen LogP contribution in [0.25, 0.3) is 22.2 Å².